The van der Waals surface area contributed by atoms with Crippen LogP contribution in [0.5, 0.6) is 0 Å². The molecule has 0 aromatic heterocycles. The average molecular weight is 385 g/mol. The molecule has 27 heavy (non-hydrogen) atoms. The number of aromatic carboxylic acids is 1. The number of anilines is 1. The Kier molecular flexibility index (Phi) is 6.72. The Hall–Kier alpha value is -2.26. The molecule has 1 amide bonds. The molecule has 9 heteroatoms. The van der Waals surface area contributed by atoms with Crippen LogP contribution in [0.1, 0.15) is 42.7 Å². The quantitative estimate of drug-likeness (QED) is 0.722. The molecule has 1 aliphatic heterocycles. The first-order valence-electron chi connectivity index (χ1n) is 8.66. The van der Waals surface area contributed by atoms with Gasteiger partial charge < -0.3 is 15.2 Å². The van der Waals surface area contributed by atoms with Crippen LogP contribution in [0.15, 0.2) is 18.2 Å². The van der Waals surface area contributed by atoms with Crippen molar-refractivity contribution in [3.8, 4) is 0 Å². The molecule has 1 unspecified atom stereocenters. The molecule has 1 aliphatic rings. The summed E-state index contributed by atoms with van der Waals surface area (Å²) >= 11 is 0. The van der Waals surface area contributed by atoms with Gasteiger partial charge in [-0.2, -0.15) is 0 Å². The molecule has 1 heterocycles. The van der Waals surface area contributed by atoms with Crippen molar-refractivity contribution in [2.75, 3.05) is 31.5 Å². The van der Waals surface area contributed by atoms with Gasteiger partial charge in [0.2, 0.25) is 0 Å². The molecule has 1 aromatic rings. The Morgan fingerprint density at radius 1 is 1.41 bits per heavy atom. The molecule has 0 saturated carbocycles. The highest BCUT2D eigenvalue weighted by Gasteiger charge is 2.25. The fraction of sp³-hybridized carbons (Fsp3) is 0.556. The number of hydrogen-bond acceptors (Lipinski definition) is 5. The molecule has 150 valence electrons. The first-order chi connectivity index (χ1) is 12.5. The van der Waals surface area contributed by atoms with Crippen LogP contribution in [-0.2, 0) is 4.74 Å². The van der Waals surface area contributed by atoms with Crippen LogP contribution < -0.4 is 10.6 Å². The smallest absolute Gasteiger partial charge is 0.412 e. The second kappa shape index (κ2) is 8.62. The van der Waals surface area contributed by atoms with Crippen molar-refractivity contribution < 1.29 is 28.2 Å². The topological polar surface area (TPSA) is 90.9 Å². The van der Waals surface area contributed by atoms with E-state index in [9.17, 15) is 23.5 Å². The fourth-order valence-electron chi connectivity index (χ4n) is 2.88. The lowest BCUT2D eigenvalue weighted by Crippen LogP contribution is -2.47. The van der Waals surface area contributed by atoms with Gasteiger partial charge in [0.1, 0.15) is 5.60 Å². The van der Waals surface area contributed by atoms with Gasteiger partial charge in [-0.25, -0.2) is 18.4 Å². The van der Waals surface area contributed by atoms with Gasteiger partial charge in [0.05, 0.1) is 17.8 Å². The zero-order chi connectivity index (χ0) is 20.2. The largest absolute Gasteiger partial charge is 0.478 e. The fourth-order valence-corrected chi connectivity index (χ4v) is 2.88. The highest BCUT2D eigenvalue weighted by Crippen LogP contribution is 2.25. The predicted octanol–water partition coefficient (Wildman–Crippen LogP) is 2.94. The van der Waals surface area contributed by atoms with Crippen LogP contribution in [0.4, 0.5) is 19.3 Å². The van der Waals surface area contributed by atoms with Gasteiger partial charge >= 0.3 is 12.1 Å². The van der Waals surface area contributed by atoms with Crippen molar-refractivity contribution in [2.45, 2.75) is 38.8 Å². The summed E-state index contributed by atoms with van der Waals surface area (Å²) in [4.78, 5) is 25.1. The molecule has 3 N–H and O–H groups in total. The number of benzene rings is 1. The molecule has 1 fully saturated rings. The second-order valence-electron chi connectivity index (χ2n) is 7.39. The number of alkyl halides is 2. The van der Waals surface area contributed by atoms with Gasteiger partial charge in [0, 0.05) is 25.7 Å². The van der Waals surface area contributed by atoms with Gasteiger partial charge in [0.15, 0.2) is 0 Å². The number of amides is 1. The summed E-state index contributed by atoms with van der Waals surface area (Å²) in [6.07, 6.45) is -3.18. The van der Waals surface area contributed by atoms with E-state index in [-0.39, 0.29) is 23.8 Å². The molecular formula is C18H25F2N3O4. The number of nitrogens with one attached hydrogen (secondary N) is 2. The number of nitrogens with zero attached hydrogens (tertiary/aromatic N) is 1. The van der Waals surface area contributed by atoms with E-state index in [0.717, 1.165) is 0 Å². The number of ether oxygens (including phenoxy) is 1. The van der Waals surface area contributed by atoms with E-state index in [1.54, 1.807) is 31.7 Å². The minimum atomic E-state index is -2.41. The zero-order valence-electron chi connectivity index (χ0n) is 15.6. The van der Waals surface area contributed by atoms with Gasteiger partial charge in [-0.1, -0.05) is 6.07 Å². The van der Waals surface area contributed by atoms with E-state index in [1.165, 1.54) is 12.1 Å². The van der Waals surface area contributed by atoms with Gasteiger partial charge in [-0.05, 0) is 38.5 Å². The highest BCUT2D eigenvalue weighted by molar-refractivity contribution is 5.99. The second-order valence-corrected chi connectivity index (χ2v) is 7.39. The number of carboxylic acids is 1. The van der Waals surface area contributed by atoms with Crippen molar-refractivity contribution in [3.63, 3.8) is 0 Å². The van der Waals surface area contributed by atoms with Crippen LogP contribution >= 0.6 is 0 Å². The number of piperazine rings is 1. The van der Waals surface area contributed by atoms with Crippen molar-refractivity contribution in [1.29, 1.82) is 0 Å². The number of carbonyl (C=O) groups excluding carboxylic acids is 1. The number of halogens is 2. The van der Waals surface area contributed by atoms with Crippen LogP contribution in [0.25, 0.3) is 0 Å². The minimum Gasteiger partial charge on any atom is -0.478 e. The third-order valence-corrected chi connectivity index (χ3v) is 3.97. The van der Waals surface area contributed by atoms with E-state index in [1.807, 2.05) is 0 Å². The molecule has 0 bridgehead atoms. The minimum absolute atomic E-state index is 0.0788. The normalized spacial score (nSPS) is 18.4. The first kappa shape index (κ1) is 21.0. The standard InChI is InChI=1S/C18H25F2N3O4/c1-18(2,3)27-17(26)22-13-8-11(4-5-12(13)16(24)25)14-9-23(7-6-21-14)10-15(19)20/h4-5,8,14-15,21H,6-7,9-10H2,1-3H3,(H,22,26)(H,24,25). The van der Waals surface area contributed by atoms with E-state index < -0.39 is 24.1 Å². The number of carbonyl (C=O) groups is 2. The molecule has 7 nitrogen and oxygen atoms in total. The number of hydrogen-bond donors (Lipinski definition) is 3. The van der Waals surface area contributed by atoms with E-state index in [4.69, 9.17) is 4.74 Å². The molecule has 0 aliphatic carbocycles. The number of carboxylic acid groups (broad SMARTS) is 1. The SMILES string of the molecule is CC(C)(C)OC(=O)Nc1cc(C2CN(CC(F)F)CCN2)ccc1C(=O)O. The van der Waals surface area contributed by atoms with Gasteiger partial charge in [-0.15, -0.1) is 0 Å². The molecule has 1 aromatic carbocycles. The number of rotatable bonds is 5. The third-order valence-electron chi connectivity index (χ3n) is 3.97. The Labute approximate surface area is 156 Å². The Balaban J connectivity index is 2.21. The summed E-state index contributed by atoms with van der Waals surface area (Å²) in [6.45, 7) is 6.20. The zero-order valence-corrected chi connectivity index (χ0v) is 15.6. The molecule has 1 saturated heterocycles. The van der Waals surface area contributed by atoms with E-state index in [2.05, 4.69) is 10.6 Å². The average Bonchev–Trinajstić information content (AvgIpc) is 2.52. The van der Waals surface area contributed by atoms with Crippen molar-refractivity contribution in [3.05, 3.63) is 29.3 Å². The van der Waals surface area contributed by atoms with Crippen LogP contribution in [0.3, 0.4) is 0 Å². The Morgan fingerprint density at radius 2 is 2.11 bits per heavy atom. The maximum absolute atomic E-state index is 12.6. The Morgan fingerprint density at radius 3 is 2.70 bits per heavy atom. The monoisotopic (exact) mass is 385 g/mol. The molecule has 0 radical (unpaired) electrons. The van der Waals surface area contributed by atoms with Crippen molar-refractivity contribution in [2.24, 2.45) is 0 Å². The van der Waals surface area contributed by atoms with Gasteiger partial charge in [-0.3, -0.25) is 10.2 Å². The first-order valence-corrected chi connectivity index (χ1v) is 8.66. The molecular weight excluding hydrogens is 360 g/mol. The summed E-state index contributed by atoms with van der Waals surface area (Å²) in [5.74, 6) is -1.19. The van der Waals surface area contributed by atoms with E-state index >= 15 is 0 Å². The van der Waals surface area contributed by atoms with Crippen molar-refractivity contribution in [1.82, 2.24) is 10.2 Å². The van der Waals surface area contributed by atoms with Crippen LogP contribution in [0.2, 0.25) is 0 Å². The lowest BCUT2D eigenvalue weighted by molar-refractivity contribution is 0.0635. The predicted molar refractivity (Wildman–Crippen MR) is 96.4 cm³/mol. The maximum atomic E-state index is 12.6. The summed E-state index contributed by atoms with van der Waals surface area (Å²) in [6, 6.07) is 4.29. The summed E-state index contributed by atoms with van der Waals surface area (Å²) in [7, 11) is 0. The lowest BCUT2D eigenvalue weighted by atomic mass is 10.0. The summed E-state index contributed by atoms with van der Waals surface area (Å²) < 4.78 is 30.5. The Bertz CT molecular complexity index is 692. The lowest BCUT2D eigenvalue weighted by Gasteiger charge is -2.34. The molecule has 0 spiro atoms. The van der Waals surface area contributed by atoms with Crippen LogP contribution in [0, 0.1) is 0 Å². The molecule has 2 rings (SSSR count). The third kappa shape index (κ3) is 6.44. The summed E-state index contributed by atoms with van der Waals surface area (Å²) in [5, 5.41) is 15.1. The summed E-state index contributed by atoms with van der Waals surface area (Å²) in [5.41, 5.74) is -0.0110. The molecule has 1 atom stereocenters. The van der Waals surface area contributed by atoms with Gasteiger partial charge in [0.25, 0.3) is 6.43 Å². The van der Waals surface area contributed by atoms with Crippen LogP contribution in [-0.4, -0.2) is 60.3 Å². The van der Waals surface area contributed by atoms with Crippen molar-refractivity contribution >= 4 is 17.7 Å². The van der Waals surface area contributed by atoms with E-state index in [0.29, 0.717) is 25.2 Å². The highest BCUT2D eigenvalue weighted by atomic mass is 19.3. The maximum Gasteiger partial charge on any atom is 0.412 e.